The first kappa shape index (κ1) is 19.6. The molecule has 1 aromatic heterocycles. The van der Waals surface area contributed by atoms with Crippen molar-refractivity contribution in [1.82, 2.24) is 15.1 Å². The molecule has 140 valence electrons. The fraction of sp³-hybridized carbons (Fsp3) is 0.474. The maximum Gasteiger partial charge on any atom is 0.359 e. The summed E-state index contributed by atoms with van der Waals surface area (Å²) in [6.07, 6.45) is 3.99. The number of nitrogens with zero attached hydrogens (tertiary/aromatic N) is 2. The Morgan fingerprint density at radius 2 is 1.85 bits per heavy atom. The Morgan fingerprint density at radius 3 is 2.54 bits per heavy atom. The number of esters is 1. The first-order valence-electron chi connectivity index (χ1n) is 9.02. The van der Waals surface area contributed by atoms with Crippen molar-refractivity contribution in [2.24, 2.45) is 0 Å². The van der Waals surface area contributed by atoms with Crippen molar-refractivity contribution in [3.63, 3.8) is 0 Å². The van der Waals surface area contributed by atoms with Crippen molar-refractivity contribution in [2.45, 2.75) is 46.1 Å². The highest BCUT2D eigenvalue weighted by atomic mass is 16.5. The van der Waals surface area contributed by atoms with Crippen molar-refractivity contribution < 1.29 is 14.3 Å². The van der Waals surface area contributed by atoms with Crippen LogP contribution < -0.4 is 10.9 Å². The normalized spacial score (nSPS) is 10.7. The minimum Gasteiger partial charge on any atom is -0.451 e. The Balaban J connectivity index is 2.28. The van der Waals surface area contributed by atoms with Crippen LogP contribution in [0.25, 0.3) is 10.8 Å². The van der Waals surface area contributed by atoms with Crippen LogP contribution in [0.15, 0.2) is 29.1 Å². The molecular weight excluding hydrogens is 334 g/mol. The van der Waals surface area contributed by atoms with Crippen LogP contribution in [0.1, 0.15) is 50.0 Å². The van der Waals surface area contributed by atoms with Crippen LogP contribution in [0.4, 0.5) is 0 Å². The molecule has 0 spiro atoms. The number of aromatic nitrogens is 2. The summed E-state index contributed by atoms with van der Waals surface area (Å²) in [5.74, 6) is -1.09. The smallest absolute Gasteiger partial charge is 0.359 e. The molecule has 1 N–H and O–H groups in total. The summed E-state index contributed by atoms with van der Waals surface area (Å²) in [5, 5.41) is 7.63. The molecule has 0 bridgehead atoms. The molecule has 0 atom stereocenters. The van der Waals surface area contributed by atoms with Crippen molar-refractivity contribution in [3.8, 4) is 0 Å². The predicted octanol–water partition coefficient (Wildman–Crippen LogP) is 2.27. The Morgan fingerprint density at radius 1 is 1.12 bits per heavy atom. The largest absolute Gasteiger partial charge is 0.451 e. The van der Waals surface area contributed by atoms with E-state index in [-0.39, 0.29) is 23.8 Å². The lowest BCUT2D eigenvalue weighted by Gasteiger charge is -2.11. The van der Waals surface area contributed by atoms with Gasteiger partial charge in [0.1, 0.15) is 0 Å². The predicted molar refractivity (Wildman–Crippen MR) is 99.1 cm³/mol. The fourth-order valence-electron chi connectivity index (χ4n) is 2.67. The number of hydrogen-bond donors (Lipinski definition) is 1. The molecule has 26 heavy (non-hydrogen) atoms. The van der Waals surface area contributed by atoms with E-state index in [0.29, 0.717) is 23.9 Å². The highest BCUT2D eigenvalue weighted by molar-refractivity contribution is 6.02. The SMILES string of the molecule is CCCCCCn1nc(C(=O)OCC(=O)NCC)c2ccccc2c1=O. The lowest BCUT2D eigenvalue weighted by Crippen LogP contribution is -2.30. The number of rotatable bonds is 9. The molecule has 1 aromatic carbocycles. The third kappa shape index (κ3) is 4.91. The van der Waals surface area contributed by atoms with Gasteiger partial charge in [-0.1, -0.05) is 44.4 Å². The number of ether oxygens (including phenoxy) is 1. The minimum absolute atomic E-state index is 0.0555. The van der Waals surface area contributed by atoms with Crippen LogP contribution in [0.2, 0.25) is 0 Å². The van der Waals surface area contributed by atoms with Crippen molar-refractivity contribution in [2.75, 3.05) is 13.2 Å². The van der Waals surface area contributed by atoms with Crippen LogP contribution in [-0.2, 0) is 16.1 Å². The number of carbonyl (C=O) groups excluding carboxylic acids is 2. The number of benzene rings is 1. The average molecular weight is 359 g/mol. The van der Waals surface area contributed by atoms with E-state index >= 15 is 0 Å². The second kappa shape index (κ2) is 9.70. The molecule has 0 unspecified atom stereocenters. The molecule has 2 rings (SSSR count). The molecule has 2 aromatic rings. The number of likely N-dealkylation sites (N-methyl/N-ethyl adjacent to an activating group) is 1. The van der Waals surface area contributed by atoms with Crippen molar-refractivity contribution in [1.29, 1.82) is 0 Å². The van der Waals surface area contributed by atoms with E-state index in [9.17, 15) is 14.4 Å². The molecule has 0 aliphatic rings. The van der Waals surface area contributed by atoms with Crippen LogP contribution in [0, 0.1) is 0 Å². The van der Waals surface area contributed by atoms with E-state index in [1.807, 2.05) is 0 Å². The van der Waals surface area contributed by atoms with E-state index in [4.69, 9.17) is 4.74 Å². The standard InChI is InChI=1S/C19H25N3O4/c1-3-5-6-9-12-22-18(24)15-11-8-7-10-14(15)17(21-22)19(25)26-13-16(23)20-4-2/h7-8,10-11H,3-6,9,12-13H2,1-2H3,(H,20,23). The van der Waals surface area contributed by atoms with Crippen LogP contribution in [0.5, 0.6) is 0 Å². The van der Waals surface area contributed by atoms with Gasteiger partial charge in [-0.05, 0) is 19.4 Å². The molecule has 0 radical (unpaired) electrons. The van der Waals surface area contributed by atoms with Gasteiger partial charge in [0.2, 0.25) is 0 Å². The molecule has 0 aliphatic carbocycles. The van der Waals surface area contributed by atoms with Gasteiger partial charge in [-0.2, -0.15) is 5.10 Å². The number of fused-ring (bicyclic) bond motifs is 1. The number of aryl methyl sites for hydroxylation is 1. The lowest BCUT2D eigenvalue weighted by atomic mass is 10.1. The highest BCUT2D eigenvalue weighted by Gasteiger charge is 2.18. The Kier molecular flexibility index (Phi) is 7.32. The maximum absolute atomic E-state index is 12.6. The van der Waals surface area contributed by atoms with Gasteiger partial charge < -0.3 is 10.1 Å². The zero-order chi connectivity index (χ0) is 18.9. The van der Waals surface area contributed by atoms with E-state index in [2.05, 4.69) is 17.3 Å². The number of carbonyl (C=O) groups is 2. The van der Waals surface area contributed by atoms with E-state index in [1.54, 1.807) is 31.2 Å². The summed E-state index contributed by atoms with van der Waals surface area (Å²) in [7, 11) is 0. The molecule has 7 heteroatoms. The molecule has 0 saturated carbocycles. The average Bonchev–Trinajstić information content (AvgIpc) is 2.65. The first-order valence-corrected chi connectivity index (χ1v) is 9.02. The molecule has 7 nitrogen and oxygen atoms in total. The highest BCUT2D eigenvalue weighted by Crippen LogP contribution is 2.14. The zero-order valence-corrected chi connectivity index (χ0v) is 15.3. The zero-order valence-electron chi connectivity index (χ0n) is 15.3. The van der Waals surface area contributed by atoms with Gasteiger partial charge in [0, 0.05) is 18.5 Å². The molecule has 0 saturated heterocycles. The van der Waals surface area contributed by atoms with E-state index in [0.717, 1.165) is 25.7 Å². The minimum atomic E-state index is -0.713. The lowest BCUT2D eigenvalue weighted by molar-refractivity contribution is -0.124. The van der Waals surface area contributed by atoms with Crippen LogP contribution >= 0.6 is 0 Å². The number of hydrogen-bond acceptors (Lipinski definition) is 5. The first-order chi connectivity index (χ1) is 12.6. The summed E-state index contributed by atoms with van der Waals surface area (Å²) >= 11 is 0. The van der Waals surface area contributed by atoms with Crippen LogP contribution in [-0.4, -0.2) is 34.8 Å². The van der Waals surface area contributed by atoms with Gasteiger partial charge in [-0.25, -0.2) is 9.48 Å². The number of unbranched alkanes of at least 4 members (excludes halogenated alkanes) is 3. The van der Waals surface area contributed by atoms with Gasteiger partial charge in [0.15, 0.2) is 12.3 Å². The van der Waals surface area contributed by atoms with Gasteiger partial charge in [-0.15, -0.1) is 0 Å². The monoisotopic (exact) mass is 359 g/mol. The van der Waals surface area contributed by atoms with Gasteiger partial charge in [0.05, 0.1) is 5.39 Å². The maximum atomic E-state index is 12.6. The third-order valence-corrected chi connectivity index (χ3v) is 3.99. The molecule has 0 aliphatic heterocycles. The fourth-order valence-corrected chi connectivity index (χ4v) is 2.67. The third-order valence-electron chi connectivity index (χ3n) is 3.99. The van der Waals surface area contributed by atoms with Crippen LogP contribution in [0.3, 0.4) is 0 Å². The second-order valence-corrected chi connectivity index (χ2v) is 6.01. The van der Waals surface area contributed by atoms with E-state index < -0.39 is 5.97 Å². The molecular formula is C19H25N3O4. The number of amides is 1. The Labute approximate surface area is 152 Å². The van der Waals surface area contributed by atoms with Gasteiger partial charge in [-0.3, -0.25) is 9.59 Å². The quantitative estimate of drug-likeness (QED) is 0.548. The molecule has 1 heterocycles. The van der Waals surface area contributed by atoms with E-state index in [1.165, 1.54) is 4.68 Å². The summed E-state index contributed by atoms with van der Waals surface area (Å²) < 4.78 is 6.38. The van der Waals surface area contributed by atoms with Gasteiger partial charge in [0.25, 0.3) is 11.5 Å². The summed E-state index contributed by atoms with van der Waals surface area (Å²) in [6, 6.07) is 6.81. The van der Waals surface area contributed by atoms with Crippen molar-refractivity contribution >= 4 is 22.6 Å². The summed E-state index contributed by atoms with van der Waals surface area (Å²) in [5.41, 5.74) is -0.169. The topological polar surface area (TPSA) is 90.3 Å². The summed E-state index contributed by atoms with van der Waals surface area (Å²) in [4.78, 5) is 36.5. The number of nitrogens with one attached hydrogen (secondary N) is 1. The van der Waals surface area contributed by atoms with Crippen molar-refractivity contribution in [3.05, 3.63) is 40.3 Å². The molecule has 1 amide bonds. The molecule has 0 fully saturated rings. The summed E-state index contributed by atoms with van der Waals surface area (Å²) in [6.45, 7) is 4.42. The second-order valence-electron chi connectivity index (χ2n) is 6.01. The Hall–Kier alpha value is -2.70. The Bertz CT molecular complexity index is 829. The van der Waals surface area contributed by atoms with Gasteiger partial charge >= 0.3 is 5.97 Å².